The second kappa shape index (κ2) is 6.79. The van der Waals surface area contributed by atoms with Crippen molar-refractivity contribution in [1.29, 1.82) is 0 Å². The molecule has 3 heterocycles. The van der Waals surface area contributed by atoms with Crippen LogP contribution in [-0.4, -0.2) is 68.4 Å². The minimum Gasteiger partial charge on any atom is -0.390 e. The van der Waals surface area contributed by atoms with Crippen molar-refractivity contribution in [3.63, 3.8) is 0 Å². The van der Waals surface area contributed by atoms with Crippen molar-refractivity contribution >= 4 is 5.91 Å². The molecule has 1 amide bonds. The van der Waals surface area contributed by atoms with Crippen LogP contribution in [0.4, 0.5) is 0 Å². The standard InChI is InChI=1S/C16H26N4O2/c1-13(21)20-10-3-6-16(20)15-5-2-8-18(15)11-14(22)12-19-9-4-7-17-19/h4,7,9,14-16,22H,2-3,5-6,8,10-12H2,1H3/t14-,15+,16-/m1/s1. The zero-order chi connectivity index (χ0) is 15.5. The first-order valence-corrected chi connectivity index (χ1v) is 8.32. The zero-order valence-electron chi connectivity index (χ0n) is 13.3. The van der Waals surface area contributed by atoms with Crippen LogP contribution in [0.1, 0.15) is 32.6 Å². The highest BCUT2D eigenvalue weighted by atomic mass is 16.3. The van der Waals surface area contributed by atoms with E-state index in [0.29, 0.717) is 25.2 Å². The smallest absolute Gasteiger partial charge is 0.219 e. The van der Waals surface area contributed by atoms with Gasteiger partial charge in [0.25, 0.3) is 0 Å². The molecule has 1 aromatic rings. The first-order valence-electron chi connectivity index (χ1n) is 8.32. The van der Waals surface area contributed by atoms with E-state index < -0.39 is 6.10 Å². The minimum absolute atomic E-state index is 0.187. The van der Waals surface area contributed by atoms with Crippen molar-refractivity contribution in [2.45, 2.75) is 57.3 Å². The van der Waals surface area contributed by atoms with Crippen molar-refractivity contribution in [3.8, 4) is 0 Å². The lowest BCUT2D eigenvalue weighted by molar-refractivity contribution is -0.130. The van der Waals surface area contributed by atoms with Gasteiger partial charge < -0.3 is 10.0 Å². The fraction of sp³-hybridized carbons (Fsp3) is 0.750. The summed E-state index contributed by atoms with van der Waals surface area (Å²) in [6.45, 7) is 4.76. The normalized spacial score (nSPS) is 27.5. The Hall–Kier alpha value is -1.40. The monoisotopic (exact) mass is 306 g/mol. The van der Waals surface area contributed by atoms with E-state index in [4.69, 9.17) is 0 Å². The number of hydrogen-bond acceptors (Lipinski definition) is 4. The van der Waals surface area contributed by atoms with Crippen molar-refractivity contribution in [1.82, 2.24) is 19.6 Å². The van der Waals surface area contributed by atoms with E-state index in [1.807, 2.05) is 17.2 Å². The van der Waals surface area contributed by atoms with Gasteiger partial charge in [-0.2, -0.15) is 5.10 Å². The van der Waals surface area contributed by atoms with E-state index >= 15 is 0 Å². The number of carbonyl (C=O) groups excluding carboxylic acids is 1. The topological polar surface area (TPSA) is 61.6 Å². The highest BCUT2D eigenvalue weighted by Crippen LogP contribution is 2.30. The maximum Gasteiger partial charge on any atom is 0.219 e. The van der Waals surface area contributed by atoms with Gasteiger partial charge in [0.05, 0.1) is 12.6 Å². The molecule has 0 bridgehead atoms. The molecule has 2 saturated heterocycles. The molecule has 1 N–H and O–H groups in total. The molecule has 0 aliphatic carbocycles. The minimum atomic E-state index is -0.423. The molecule has 2 aliphatic rings. The van der Waals surface area contributed by atoms with E-state index in [0.717, 1.165) is 38.8 Å². The molecule has 6 heteroatoms. The van der Waals surface area contributed by atoms with E-state index in [1.54, 1.807) is 17.8 Å². The van der Waals surface area contributed by atoms with Gasteiger partial charge in [0.1, 0.15) is 0 Å². The molecule has 0 unspecified atom stereocenters. The van der Waals surface area contributed by atoms with E-state index in [9.17, 15) is 9.90 Å². The molecule has 2 fully saturated rings. The number of aliphatic hydroxyl groups is 1. The SMILES string of the molecule is CC(=O)N1CCC[C@@H]1[C@@H]1CCCN1C[C@@H](O)Cn1cccn1. The number of β-amino-alcohol motifs (C(OH)–C–C–N with tert-alkyl or cyclic N) is 1. The van der Waals surface area contributed by atoms with Crippen molar-refractivity contribution in [2.24, 2.45) is 0 Å². The number of nitrogens with zero attached hydrogens (tertiary/aromatic N) is 4. The van der Waals surface area contributed by atoms with Crippen LogP contribution in [0.25, 0.3) is 0 Å². The van der Waals surface area contributed by atoms with E-state index in [-0.39, 0.29) is 5.91 Å². The molecule has 3 rings (SSSR count). The second-order valence-corrected chi connectivity index (χ2v) is 6.51. The summed E-state index contributed by atoms with van der Waals surface area (Å²) in [7, 11) is 0. The largest absolute Gasteiger partial charge is 0.390 e. The lowest BCUT2D eigenvalue weighted by Crippen LogP contribution is -2.49. The fourth-order valence-electron chi connectivity index (χ4n) is 4.05. The third-order valence-corrected chi connectivity index (χ3v) is 4.96. The van der Waals surface area contributed by atoms with Crippen molar-refractivity contribution < 1.29 is 9.90 Å². The first kappa shape index (κ1) is 15.5. The molecule has 6 nitrogen and oxygen atoms in total. The van der Waals surface area contributed by atoms with Crippen molar-refractivity contribution in [2.75, 3.05) is 19.6 Å². The third-order valence-electron chi connectivity index (χ3n) is 4.96. The quantitative estimate of drug-likeness (QED) is 0.871. The molecule has 2 aliphatic heterocycles. The highest BCUT2D eigenvalue weighted by Gasteiger charge is 2.39. The number of aliphatic hydroxyl groups excluding tert-OH is 1. The number of rotatable bonds is 5. The lowest BCUT2D eigenvalue weighted by atomic mass is 10.0. The molecule has 0 spiro atoms. The molecule has 1 aromatic heterocycles. The summed E-state index contributed by atoms with van der Waals surface area (Å²) < 4.78 is 1.77. The van der Waals surface area contributed by atoms with Gasteiger partial charge in [0, 0.05) is 44.5 Å². The number of aromatic nitrogens is 2. The molecule has 122 valence electrons. The maximum absolute atomic E-state index is 11.8. The number of likely N-dealkylation sites (tertiary alicyclic amines) is 2. The number of hydrogen-bond donors (Lipinski definition) is 1. The molecular weight excluding hydrogens is 280 g/mol. The highest BCUT2D eigenvalue weighted by molar-refractivity contribution is 5.74. The van der Waals surface area contributed by atoms with E-state index in [1.165, 1.54) is 0 Å². The Kier molecular flexibility index (Phi) is 4.78. The van der Waals surface area contributed by atoms with Gasteiger partial charge in [-0.05, 0) is 38.3 Å². The summed E-state index contributed by atoms with van der Waals surface area (Å²) in [4.78, 5) is 16.2. The molecule has 0 aromatic carbocycles. The zero-order valence-corrected chi connectivity index (χ0v) is 13.3. The van der Waals surface area contributed by atoms with Gasteiger partial charge in [0.2, 0.25) is 5.91 Å². The summed E-state index contributed by atoms with van der Waals surface area (Å²) in [5, 5.41) is 14.5. The summed E-state index contributed by atoms with van der Waals surface area (Å²) in [5.41, 5.74) is 0. The van der Waals surface area contributed by atoms with Gasteiger partial charge in [-0.1, -0.05) is 0 Å². The molecular formula is C16H26N4O2. The Morgan fingerprint density at radius 1 is 1.27 bits per heavy atom. The van der Waals surface area contributed by atoms with E-state index in [2.05, 4.69) is 10.00 Å². The summed E-state index contributed by atoms with van der Waals surface area (Å²) >= 11 is 0. The van der Waals surface area contributed by atoms with Crippen LogP contribution in [0.2, 0.25) is 0 Å². The number of carbonyl (C=O) groups is 1. The molecule has 0 radical (unpaired) electrons. The van der Waals surface area contributed by atoms with Crippen LogP contribution in [0.15, 0.2) is 18.5 Å². The van der Waals surface area contributed by atoms with Crippen LogP contribution < -0.4 is 0 Å². The van der Waals surface area contributed by atoms with Gasteiger partial charge in [-0.3, -0.25) is 14.4 Å². The second-order valence-electron chi connectivity index (χ2n) is 6.51. The Balaban J connectivity index is 1.59. The average Bonchev–Trinajstić information content (AvgIpc) is 3.17. The van der Waals surface area contributed by atoms with Crippen LogP contribution >= 0.6 is 0 Å². The molecule has 3 atom stereocenters. The van der Waals surface area contributed by atoms with Gasteiger partial charge in [-0.15, -0.1) is 0 Å². The van der Waals surface area contributed by atoms with Gasteiger partial charge in [0.15, 0.2) is 0 Å². The summed E-state index contributed by atoms with van der Waals surface area (Å²) in [5.74, 6) is 0.187. The van der Waals surface area contributed by atoms with Crippen LogP contribution in [-0.2, 0) is 11.3 Å². The Bertz CT molecular complexity index is 490. The Morgan fingerprint density at radius 2 is 2.05 bits per heavy atom. The predicted molar refractivity (Wildman–Crippen MR) is 83.2 cm³/mol. The average molecular weight is 306 g/mol. The summed E-state index contributed by atoms with van der Waals surface area (Å²) in [6, 6.07) is 2.60. The fourth-order valence-corrected chi connectivity index (χ4v) is 4.05. The molecule has 0 saturated carbocycles. The van der Waals surface area contributed by atoms with Crippen LogP contribution in [0, 0.1) is 0 Å². The maximum atomic E-state index is 11.8. The Labute approximate surface area is 131 Å². The lowest BCUT2D eigenvalue weighted by Gasteiger charge is -2.35. The predicted octanol–water partition coefficient (Wildman–Crippen LogP) is 0.719. The first-order chi connectivity index (χ1) is 10.6. The van der Waals surface area contributed by atoms with Gasteiger partial charge in [-0.25, -0.2) is 0 Å². The molecule has 22 heavy (non-hydrogen) atoms. The third kappa shape index (κ3) is 3.33. The Morgan fingerprint density at radius 3 is 2.77 bits per heavy atom. The van der Waals surface area contributed by atoms with Gasteiger partial charge >= 0.3 is 0 Å². The van der Waals surface area contributed by atoms with Crippen molar-refractivity contribution in [3.05, 3.63) is 18.5 Å². The summed E-state index contributed by atoms with van der Waals surface area (Å²) in [6.07, 6.45) is 7.66. The number of amides is 1. The van der Waals surface area contributed by atoms with Crippen LogP contribution in [0.3, 0.4) is 0 Å². The van der Waals surface area contributed by atoms with Crippen LogP contribution in [0.5, 0.6) is 0 Å².